The molecule has 1 heterocycles. The van der Waals surface area contributed by atoms with Gasteiger partial charge in [-0.3, -0.25) is 5.10 Å². The normalized spacial score (nSPS) is 12.1. The Labute approximate surface area is 81.0 Å². The van der Waals surface area contributed by atoms with Crippen molar-refractivity contribution in [1.29, 1.82) is 0 Å². The number of fused-ring (bicyclic) bond motifs is 1. The molecule has 0 radical (unpaired) electrons. The summed E-state index contributed by atoms with van der Waals surface area (Å²) in [5.74, 6) is -0.174. The van der Waals surface area contributed by atoms with Crippen molar-refractivity contribution in [3.63, 3.8) is 0 Å². The number of aromatic nitrogens is 2. The first-order chi connectivity index (χ1) is 6.56. The summed E-state index contributed by atoms with van der Waals surface area (Å²) in [4.78, 5) is 0. The molecule has 5 nitrogen and oxygen atoms in total. The van der Waals surface area contributed by atoms with Gasteiger partial charge in [0, 0.05) is 5.39 Å². The van der Waals surface area contributed by atoms with Crippen molar-refractivity contribution in [1.82, 2.24) is 10.2 Å². The molecule has 3 N–H and O–H groups in total. The average Bonchev–Trinajstić information content (AvgIpc) is 2.49. The van der Waals surface area contributed by atoms with Gasteiger partial charge in [0.1, 0.15) is 0 Å². The molecule has 0 amide bonds. The molecule has 74 valence electrons. The fraction of sp³-hybridized carbons (Fsp3) is 0.125. The van der Waals surface area contributed by atoms with E-state index in [9.17, 15) is 8.42 Å². The highest BCUT2D eigenvalue weighted by Crippen LogP contribution is 2.16. The van der Waals surface area contributed by atoms with E-state index in [1.807, 2.05) is 6.07 Å². The number of primary sulfonamides is 1. The van der Waals surface area contributed by atoms with Gasteiger partial charge in [-0.1, -0.05) is 18.2 Å². The van der Waals surface area contributed by atoms with Gasteiger partial charge >= 0.3 is 0 Å². The average molecular weight is 211 g/mol. The highest BCUT2D eigenvalue weighted by Gasteiger charge is 2.09. The maximum atomic E-state index is 10.9. The maximum Gasteiger partial charge on any atom is 0.213 e. The minimum absolute atomic E-state index is 0.174. The molecule has 1 aromatic carbocycles. The molecule has 0 spiro atoms. The van der Waals surface area contributed by atoms with Crippen LogP contribution in [0.1, 0.15) is 5.56 Å². The van der Waals surface area contributed by atoms with E-state index in [0.717, 1.165) is 10.9 Å². The van der Waals surface area contributed by atoms with Crippen molar-refractivity contribution >= 4 is 20.9 Å². The van der Waals surface area contributed by atoms with Crippen molar-refractivity contribution in [3.8, 4) is 0 Å². The number of nitrogens with one attached hydrogen (secondary N) is 1. The van der Waals surface area contributed by atoms with Crippen LogP contribution in [0.4, 0.5) is 0 Å². The van der Waals surface area contributed by atoms with E-state index in [1.165, 1.54) is 0 Å². The molecule has 2 aromatic rings. The Bertz CT molecular complexity index is 559. The number of aromatic amines is 1. The van der Waals surface area contributed by atoms with E-state index in [1.54, 1.807) is 18.3 Å². The monoisotopic (exact) mass is 211 g/mol. The number of nitrogens with zero attached hydrogens (tertiary/aromatic N) is 1. The van der Waals surface area contributed by atoms with Gasteiger partial charge in [0.15, 0.2) is 0 Å². The van der Waals surface area contributed by atoms with Gasteiger partial charge in [0.05, 0.1) is 17.5 Å². The zero-order valence-corrected chi connectivity index (χ0v) is 8.08. The summed E-state index contributed by atoms with van der Waals surface area (Å²) in [5, 5.41) is 12.4. The van der Waals surface area contributed by atoms with Gasteiger partial charge in [-0.2, -0.15) is 5.10 Å². The minimum Gasteiger partial charge on any atom is -0.278 e. The summed E-state index contributed by atoms with van der Waals surface area (Å²) in [6.07, 6.45) is 1.64. The lowest BCUT2D eigenvalue weighted by Gasteiger charge is -1.99. The smallest absolute Gasteiger partial charge is 0.213 e. The van der Waals surface area contributed by atoms with Crippen molar-refractivity contribution in [2.45, 2.75) is 5.75 Å². The number of benzene rings is 1. The fourth-order valence-electron chi connectivity index (χ4n) is 1.37. The number of nitrogens with two attached hydrogens (primary N) is 1. The van der Waals surface area contributed by atoms with Crippen LogP contribution < -0.4 is 5.14 Å². The molecular weight excluding hydrogens is 202 g/mol. The molecule has 0 bridgehead atoms. The molecule has 0 saturated carbocycles. The van der Waals surface area contributed by atoms with Gasteiger partial charge in [-0.25, -0.2) is 13.6 Å². The van der Waals surface area contributed by atoms with Crippen molar-refractivity contribution in [2.75, 3.05) is 0 Å². The molecule has 1 aromatic heterocycles. The predicted octanol–water partition coefficient (Wildman–Crippen LogP) is 0.351. The number of para-hydroxylation sites is 1. The highest BCUT2D eigenvalue weighted by atomic mass is 32.2. The van der Waals surface area contributed by atoms with E-state index in [-0.39, 0.29) is 5.75 Å². The molecule has 0 unspecified atom stereocenters. The third kappa shape index (κ3) is 1.75. The van der Waals surface area contributed by atoms with Crippen molar-refractivity contribution in [2.24, 2.45) is 5.14 Å². The number of hydrogen-bond donors (Lipinski definition) is 2. The van der Waals surface area contributed by atoms with Crippen LogP contribution in [0.5, 0.6) is 0 Å². The topological polar surface area (TPSA) is 88.8 Å². The Kier molecular flexibility index (Phi) is 2.01. The first-order valence-corrected chi connectivity index (χ1v) is 5.69. The Morgan fingerprint density at radius 1 is 1.43 bits per heavy atom. The van der Waals surface area contributed by atoms with E-state index in [4.69, 9.17) is 5.14 Å². The number of rotatable bonds is 2. The Morgan fingerprint density at radius 3 is 2.93 bits per heavy atom. The van der Waals surface area contributed by atoms with Crippen LogP contribution in [0.15, 0.2) is 24.4 Å². The Balaban J connectivity index is 2.57. The Hall–Kier alpha value is -1.40. The molecule has 6 heteroatoms. The summed E-state index contributed by atoms with van der Waals surface area (Å²) < 4.78 is 21.8. The van der Waals surface area contributed by atoms with Gasteiger partial charge in [-0.15, -0.1) is 0 Å². The van der Waals surface area contributed by atoms with E-state index >= 15 is 0 Å². The van der Waals surface area contributed by atoms with Gasteiger partial charge in [0.25, 0.3) is 0 Å². The van der Waals surface area contributed by atoms with Crippen molar-refractivity contribution in [3.05, 3.63) is 30.0 Å². The molecular formula is C8H9N3O2S. The molecule has 0 aliphatic heterocycles. The number of sulfonamides is 1. The quantitative estimate of drug-likeness (QED) is 0.751. The van der Waals surface area contributed by atoms with Crippen LogP contribution in [-0.4, -0.2) is 18.6 Å². The van der Waals surface area contributed by atoms with Crippen LogP contribution in [0.3, 0.4) is 0 Å². The van der Waals surface area contributed by atoms with E-state index in [2.05, 4.69) is 10.2 Å². The molecule has 14 heavy (non-hydrogen) atoms. The highest BCUT2D eigenvalue weighted by molar-refractivity contribution is 7.88. The molecule has 2 rings (SSSR count). The molecule has 0 saturated heterocycles. The second kappa shape index (κ2) is 3.07. The molecule has 0 aliphatic rings. The van der Waals surface area contributed by atoms with Crippen LogP contribution in [0, 0.1) is 0 Å². The second-order valence-electron chi connectivity index (χ2n) is 3.06. The summed E-state index contributed by atoms with van der Waals surface area (Å²) in [5.41, 5.74) is 1.36. The predicted molar refractivity (Wildman–Crippen MR) is 52.9 cm³/mol. The van der Waals surface area contributed by atoms with Crippen LogP contribution in [0.2, 0.25) is 0 Å². The lowest BCUT2D eigenvalue weighted by Crippen LogP contribution is -2.14. The van der Waals surface area contributed by atoms with Crippen molar-refractivity contribution < 1.29 is 8.42 Å². The largest absolute Gasteiger partial charge is 0.278 e. The minimum atomic E-state index is -3.49. The third-order valence-corrected chi connectivity index (χ3v) is 2.63. The standard InChI is InChI=1S/C8H9N3O2S/c9-14(12,13)5-7-3-1-2-6-4-10-11-8(6)7/h1-4H,5H2,(H,10,11)(H2,9,12,13). The zero-order valence-electron chi connectivity index (χ0n) is 7.27. The third-order valence-electron chi connectivity index (χ3n) is 1.92. The van der Waals surface area contributed by atoms with Gasteiger partial charge < -0.3 is 0 Å². The lowest BCUT2D eigenvalue weighted by atomic mass is 10.2. The lowest BCUT2D eigenvalue weighted by molar-refractivity contribution is 0.597. The first kappa shape index (κ1) is 9.17. The molecule has 0 fully saturated rings. The van der Waals surface area contributed by atoms with Crippen LogP contribution in [0.25, 0.3) is 10.9 Å². The Morgan fingerprint density at radius 2 is 2.21 bits per heavy atom. The first-order valence-electron chi connectivity index (χ1n) is 3.98. The SMILES string of the molecule is NS(=O)(=O)Cc1cccc2cn[nH]c12. The molecule has 0 atom stereocenters. The van der Waals surface area contributed by atoms with E-state index < -0.39 is 10.0 Å². The second-order valence-corrected chi connectivity index (χ2v) is 4.67. The summed E-state index contributed by atoms with van der Waals surface area (Å²) in [6.45, 7) is 0. The van der Waals surface area contributed by atoms with Crippen LogP contribution in [-0.2, 0) is 15.8 Å². The number of H-pyrrole nitrogens is 1. The van der Waals surface area contributed by atoms with Crippen LogP contribution >= 0.6 is 0 Å². The van der Waals surface area contributed by atoms with E-state index in [0.29, 0.717) is 5.56 Å². The maximum absolute atomic E-state index is 10.9. The number of hydrogen-bond acceptors (Lipinski definition) is 3. The zero-order chi connectivity index (χ0) is 10.2. The molecule has 0 aliphatic carbocycles. The summed E-state index contributed by atoms with van der Waals surface area (Å²) >= 11 is 0. The van der Waals surface area contributed by atoms with Gasteiger partial charge in [-0.05, 0) is 5.56 Å². The summed E-state index contributed by atoms with van der Waals surface area (Å²) in [6, 6.07) is 5.34. The summed E-state index contributed by atoms with van der Waals surface area (Å²) in [7, 11) is -3.49. The van der Waals surface area contributed by atoms with Gasteiger partial charge in [0.2, 0.25) is 10.0 Å². The fourth-order valence-corrected chi connectivity index (χ4v) is 2.04.